The Balaban J connectivity index is 1.68. The van der Waals surface area contributed by atoms with E-state index in [4.69, 9.17) is 9.47 Å². The first-order valence-corrected chi connectivity index (χ1v) is 10.1. The van der Waals surface area contributed by atoms with Crippen LogP contribution in [0.25, 0.3) is 0 Å². The lowest BCUT2D eigenvalue weighted by Gasteiger charge is -2.26. The van der Waals surface area contributed by atoms with Crippen LogP contribution in [-0.4, -0.2) is 37.4 Å². The molecular formula is C22H24BrNO4. The number of amides is 1. The predicted molar refractivity (Wildman–Crippen MR) is 111 cm³/mol. The van der Waals surface area contributed by atoms with Gasteiger partial charge in [0.1, 0.15) is 11.5 Å². The van der Waals surface area contributed by atoms with Gasteiger partial charge in [-0.2, -0.15) is 0 Å². The average Bonchev–Trinajstić information content (AvgIpc) is 3.21. The summed E-state index contributed by atoms with van der Waals surface area (Å²) in [7, 11) is 3.23. The molecule has 3 rings (SSSR count). The van der Waals surface area contributed by atoms with E-state index in [9.17, 15) is 9.59 Å². The molecule has 0 unspecified atom stereocenters. The molecule has 0 aliphatic carbocycles. The Hall–Kier alpha value is -2.34. The summed E-state index contributed by atoms with van der Waals surface area (Å²) in [5, 5.41) is 0. The summed E-state index contributed by atoms with van der Waals surface area (Å²) in [6.07, 6.45) is 2.24. The maximum absolute atomic E-state index is 12.8. The maximum atomic E-state index is 12.8. The van der Waals surface area contributed by atoms with Crippen LogP contribution in [0.1, 0.15) is 47.6 Å². The molecule has 6 heteroatoms. The van der Waals surface area contributed by atoms with Crippen molar-refractivity contribution in [1.29, 1.82) is 0 Å². The molecule has 0 spiro atoms. The number of benzene rings is 2. The molecule has 0 radical (unpaired) electrons. The van der Waals surface area contributed by atoms with E-state index in [0.717, 1.165) is 34.4 Å². The Labute approximate surface area is 173 Å². The normalized spacial score (nSPS) is 16.1. The van der Waals surface area contributed by atoms with Crippen molar-refractivity contribution >= 4 is 27.6 Å². The van der Waals surface area contributed by atoms with Gasteiger partial charge in [0.25, 0.3) is 0 Å². The number of rotatable bonds is 7. The third-order valence-corrected chi connectivity index (χ3v) is 5.63. The molecule has 1 amide bonds. The number of hydrogen-bond acceptors (Lipinski definition) is 4. The zero-order valence-electron chi connectivity index (χ0n) is 16.1. The highest BCUT2D eigenvalue weighted by atomic mass is 79.9. The van der Waals surface area contributed by atoms with Crippen LogP contribution in [0.2, 0.25) is 0 Å². The number of ether oxygens (including phenoxy) is 2. The van der Waals surface area contributed by atoms with E-state index in [2.05, 4.69) is 15.9 Å². The molecule has 1 saturated heterocycles. The predicted octanol–water partition coefficient (Wildman–Crippen LogP) is 4.79. The van der Waals surface area contributed by atoms with Crippen LogP contribution in [0.5, 0.6) is 11.5 Å². The van der Waals surface area contributed by atoms with Crippen LogP contribution in [-0.2, 0) is 4.79 Å². The molecule has 0 saturated carbocycles. The number of halogens is 1. The lowest BCUT2D eigenvalue weighted by atomic mass is 10.0. The molecule has 1 heterocycles. The number of likely N-dealkylation sites (tertiary alicyclic amines) is 1. The fourth-order valence-corrected chi connectivity index (χ4v) is 3.89. The third-order valence-electron chi connectivity index (χ3n) is 5.10. The Bertz CT molecular complexity index is 850. The topological polar surface area (TPSA) is 55.8 Å². The number of Topliss-reactive ketones (excluding diaryl/α,β-unsaturated/α-hetero) is 1. The molecule has 1 atom stereocenters. The molecule has 28 heavy (non-hydrogen) atoms. The average molecular weight is 446 g/mol. The van der Waals surface area contributed by atoms with Crippen LogP contribution >= 0.6 is 15.9 Å². The SMILES string of the molecule is COc1ccc([C@H]2CCCN2C(=O)CCC(=O)c2ccc(Br)cc2)c(OC)c1. The summed E-state index contributed by atoms with van der Waals surface area (Å²) in [5.41, 5.74) is 1.61. The standard InChI is InChI=1S/C22H24BrNO4/c1-27-17-9-10-18(21(14-17)28-2)19-4-3-13-24(19)22(26)12-11-20(25)15-5-7-16(23)8-6-15/h5-10,14,19H,3-4,11-13H2,1-2H3/t19-/m1/s1. The second kappa shape index (κ2) is 9.24. The monoisotopic (exact) mass is 445 g/mol. The van der Waals surface area contributed by atoms with Crippen molar-refractivity contribution in [1.82, 2.24) is 4.90 Å². The number of ketones is 1. The van der Waals surface area contributed by atoms with E-state index >= 15 is 0 Å². The molecule has 1 aliphatic rings. The largest absolute Gasteiger partial charge is 0.497 e. The molecule has 1 aliphatic heterocycles. The minimum Gasteiger partial charge on any atom is -0.497 e. The first-order chi connectivity index (χ1) is 13.5. The molecule has 148 valence electrons. The van der Waals surface area contributed by atoms with Gasteiger partial charge in [-0.05, 0) is 37.1 Å². The van der Waals surface area contributed by atoms with Gasteiger partial charge < -0.3 is 14.4 Å². The first kappa shape index (κ1) is 20.4. The van der Waals surface area contributed by atoms with Crippen LogP contribution in [0.4, 0.5) is 0 Å². The van der Waals surface area contributed by atoms with E-state index in [-0.39, 0.29) is 30.6 Å². The van der Waals surface area contributed by atoms with Crippen molar-refractivity contribution in [3.05, 3.63) is 58.1 Å². The fraction of sp³-hybridized carbons (Fsp3) is 0.364. The van der Waals surface area contributed by atoms with Gasteiger partial charge in [0, 0.05) is 41.1 Å². The first-order valence-electron chi connectivity index (χ1n) is 9.33. The van der Waals surface area contributed by atoms with Gasteiger partial charge in [-0.15, -0.1) is 0 Å². The third kappa shape index (κ3) is 4.55. The molecule has 0 aromatic heterocycles. The van der Waals surface area contributed by atoms with Crippen molar-refractivity contribution in [2.24, 2.45) is 0 Å². The van der Waals surface area contributed by atoms with E-state index in [0.29, 0.717) is 12.1 Å². The zero-order chi connectivity index (χ0) is 20.1. The minimum atomic E-state index is -0.0314. The van der Waals surface area contributed by atoms with Crippen molar-refractivity contribution in [3.8, 4) is 11.5 Å². The van der Waals surface area contributed by atoms with Gasteiger partial charge in [0.05, 0.1) is 20.3 Å². The summed E-state index contributed by atoms with van der Waals surface area (Å²) >= 11 is 3.36. The highest BCUT2D eigenvalue weighted by Gasteiger charge is 2.32. The number of nitrogens with zero attached hydrogens (tertiary/aromatic N) is 1. The van der Waals surface area contributed by atoms with E-state index in [1.165, 1.54) is 0 Å². The summed E-state index contributed by atoms with van der Waals surface area (Å²) in [6, 6.07) is 12.9. The van der Waals surface area contributed by atoms with E-state index < -0.39 is 0 Å². The van der Waals surface area contributed by atoms with Crippen molar-refractivity contribution in [2.45, 2.75) is 31.7 Å². The molecule has 5 nitrogen and oxygen atoms in total. The Kier molecular flexibility index (Phi) is 6.73. The number of hydrogen-bond donors (Lipinski definition) is 0. The molecule has 2 aromatic carbocycles. The van der Waals surface area contributed by atoms with Crippen molar-refractivity contribution in [2.75, 3.05) is 20.8 Å². The van der Waals surface area contributed by atoms with Crippen molar-refractivity contribution < 1.29 is 19.1 Å². The molecular weight excluding hydrogens is 422 g/mol. The van der Waals surface area contributed by atoms with E-state index in [1.807, 2.05) is 35.2 Å². The molecule has 1 fully saturated rings. The highest BCUT2D eigenvalue weighted by Crippen LogP contribution is 2.39. The zero-order valence-corrected chi connectivity index (χ0v) is 17.7. The highest BCUT2D eigenvalue weighted by molar-refractivity contribution is 9.10. The summed E-state index contributed by atoms with van der Waals surface area (Å²) in [4.78, 5) is 27.1. The summed E-state index contributed by atoms with van der Waals surface area (Å²) < 4.78 is 11.7. The minimum absolute atomic E-state index is 0.00540. The molecule has 0 bridgehead atoms. The molecule has 0 N–H and O–H groups in total. The second-order valence-electron chi connectivity index (χ2n) is 6.78. The lowest BCUT2D eigenvalue weighted by molar-refractivity contribution is -0.132. The molecule has 2 aromatic rings. The maximum Gasteiger partial charge on any atom is 0.223 e. The smallest absolute Gasteiger partial charge is 0.223 e. The van der Waals surface area contributed by atoms with E-state index in [1.54, 1.807) is 26.4 Å². The summed E-state index contributed by atoms with van der Waals surface area (Å²) in [5.74, 6) is 1.43. The lowest BCUT2D eigenvalue weighted by Crippen LogP contribution is -2.31. The Morgan fingerprint density at radius 1 is 1.07 bits per heavy atom. The quantitative estimate of drug-likeness (QED) is 0.574. The van der Waals surface area contributed by atoms with Gasteiger partial charge in [-0.25, -0.2) is 0 Å². The summed E-state index contributed by atoms with van der Waals surface area (Å²) in [6.45, 7) is 0.700. The van der Waals surface area contributed by atoms with Crippen LogP contribution < -0.4 is 9.47 Å². The van der Waals surface area contributed by atoms with Gasteiger partial charge in [-0.1, -0.05) is 28.1 Å². The van der Waals surface area contributed by atoms with Gasteiger partial charge in [0.2, 0.25) is 5.91 Å². The second-order valence-corrected chi connectivity index (χ2v) is 7.70. The number of carbonyl (C=O) groups is 2. The van der Waals surface area contributed by atoms with Crippen LogP contribution in [0.3, 0.4) is 0 Å². The van der Waals surface area contributed by atoms with Crippen molar-refractivity contribution in [3.63, 3.8) is 0 Å². The number of carbonyl (C=O) groups excluding carboxylic acids is 2. The van der Waals surface area contributed by atoms with Crippen LogP contribution in [0.15, 0.2) is 46.9 Å². The number of methoxy groups -OCH3 is 2. The fourth-order valence-electron chi connectivity index (χ4n) is 3.63. The van der Waals surface area contributed by atoms with Gasteiger partial charge in [-0.3, -0.25) is 9.59 Å². The Morgan fingerprint density at radius 2 is 1.82 bits per heavy atom. The van der Waals surface area contributed by atoms with Crippen LogP contribution in [0, 0.1) is 0 Å². The van der Waals surface area contributed by atoms with Gasteiger partial charge >= 0.3 is 0 Å². The Morgan fingerprint density at radius 3 is 2.50 bits per heavy atom. The van der Waals surface area contributed by atoms with Gasteiger partial charge in [0.15, 0.2) is 5.78 Å².